The molecule has 0 unspecified atom stereocenters. The van der Waals surface area contributed by atoms with E-state index in [0.717, 1.165) is 46.3 Å². The Balaban J connectivity index is 1.97. The molecular weight excluding hydrogens is 476 g/mol. The summed E-state index contributed by atoms with van der Waals surface area (Å²) in [6.45, 7) is 5.71. The lowest BCUT2D eigenvalue weighted by molar-refractivity contribution is 0.483. The quantitative estimate of drug-likeness (QED) is 0.289. The van der Waals surface area contributed by atoms with Gasteiger partial charge in [-0.15, -0.1) is 10.2 Å². The second-order valence-electron chi connectivity index (χ2n) is 6.42. The van der Waals surface area contributed by atoms with Crippen molar-refractivity contribution in [2.24, 2.45) is 10.2 Å². The van der Waals surface area contributed by atoms with Crippen LogP contribution in [0.25, 0.3) is 10.2 Å². The first-order valence-electron chi connectivity index (χ1n) is 9.16. The molecule has 0 saturated heterocycles. The maximum absolute atomic E-state index is 12.0. The van der Waals surface area contributed by atoms with Gasteiger partial charge in [-0.25, -0.2) is 4.98 Å². The van der Waals surface area contributed by atoms with Gasteiger partial charge in [0.25, 0.3) is 10.1 Å². The molecule has 0 aliphatic carbocycles. The standard InChI is InChI=1S/C19H21BrN4O3S2/c1-3-9-24(10-4-2)14-6-8-16(18(12-14)29(25,26)27)22-23-19-21-15-7-5-13(20)11-17(15)28-19/h5-8,11-12H,3-4,9-10H2,1-2H3,(H,25,26,27). The first-order valence-corrected chi connectivity index (χ1v) is 12.2. The van der Waals surface area contributed by atoms with Crippen LogP contribution in [0, 0.1) is 0 Å². The highest BCUT2D eigenvalue weighted by molar-refractivity contribution is 9.10. The number of azo groups is 1. The predicted molar refractivity (Wildman–Crippen MR) is 121 cm³/mol. The average Bonchev–Trinajstić information content (AvgIpc) is 3.07. The molecule has 0 atom stereocenters. The highest BCUT2D eigenvalue weighted by Crippen LogP contribution is 2.34. The molecule has 0 saturated carbocycles. The minimum atomic E-state index is -4.46. The molecule has 7 nitrogen and oxygen atoms in total. The Morgan fingerprint density at radius 3 is 2.48 bits per heavy atom. The molecule has 2 aromatic carbocycles. The lowest BCUT2D eigenvalue weighted by Crippen LogP contribution is -2.25. The maximum Gasteiger partial charge on any atom is 0.296 e. The summed E-state index contributed by atoms with van der Waals surface area (Å²) in [4.78, 5) is 6.19. The zero-order valence-electron chi connectivity index (χ0n) is 16.0. The molecule has 0 aliphatic rings. The van der Waals surface area contributed by atoms with E-state index in [-0.39, 0.29) is 10.6 Å². The van der Waals surface area contributed by atoms with E-state index in [1.807, 2.05) is 18.2 Å². The van der Waals surface area contributed by atoms with Crippen molar-refractivity contribution < 1.29 is 13.0 Å². The average molecular weight is 497 g/mol. The van der Waals surface area contributed by atoms with Gasteiger partial charge >= 0.3 is 0 Å². The van der Waals surface area contributed by atoms with Crippen LogP contribution in [0.1, 0.15) is 26.7 Å². The lowest BCUT2D eigenvalue weighted by atomic mass is 10.2. The Hall–Kier alpha value is -1.88. The van der Waals surface area contributed by atoms with Crippen LogP contribution in [0.2, 0.25) is 0 Å². The zero-order valence-corrected chi connectivity index (χ0v) is 19.3. The molecule has 154 valence electrons. The Kier molecular flexibility index (Phi) is 6.99. The van der Waals surface area contributed by atoms with Crippen molar-refractivity contribution in [3.05, 3.63) is 40.9 Å². The topological polar surface area (TPSA) is 95.2 Å². The van der Waals surface area contributed by atoms with Crippen LogP contribution < -0.4 is 4.90 Å². The van der Waals surface area contributed by atoms with Crippen molar-refractivity contribution >= 4 is 64.1 Å². The molecular formula is C19H21BrN4O3S2. The minimum absolute atomic E-state index is 0.0737. The normalized spacial score (nSPS) is 12.1. The van der Waals surface area contributed by atoms with Crippen LogP contribution in [0.3, 0.4) is 0 Å². The largest absolute Gasteiger partial charge is 0.372 e. The summed E-state index contributed by atoms with van der Waals surface area (Å²) in [5.41, 5.74) is 1.59. The molecule has 1 N–H and O–H groups in total. The summed E-state index contributed by atoms with van der Waals surface area (Å²) in [6, 6.07) is 10.5. The third-order valence-electron chi connectivity index (χ3n) is 4.16. The predicted octanol–water partition coefficient (Wildman–Crippen LogP) is 6.35. The molecule has 0 amide bonds. The Morgan fingerprint density at radius 1 is 1.10 bits per heavy atom. The second kappa shape index (κ2) is 9.29. The van der Waals surface area contributed by atoms with Crippen molar-refractivity contribution in [2.45, 2.75) is 31.6 Å². The minimum Gasteiger partial charge on any atom is -0.372 e. The first-order chi connectivity index (χ1) is 13.8. The van der Waals surface area contributed by atoms with Gasteiger partial charge in [-0.1, -0.05) is 41.1 Å². The monoisotopic (exact) mass is 496 g/mol. The summed E-state index contributed by atoms with van der Waals surface area (Å²) < 4.78 is 35.5. The van der Waals surface area contributed by atoms with Gasteiger partial charge in [0, 0.05) is 23.2 Å². The highest BCUT2D eigenvalue weighted by atomic mass is 79.9. The maximum atomic E-state index is 12.0. The van der Waals surface area contributed by atoms with Crippen molar-refractivity contribution in [3.8, 4) is 0 Å². The highest BCUT2D eigenvalue weighted by Gasteiger charge is 2.18. The van der Waals surface area contributed by atoms with Gasteiger partial charge in [0.1, 0.15) is 10.6 Å². The van der Waals surface area contributed by atoms with Crippen LogP contribution in [0.5, 0.6) is 0 Å². The van der Waals surface area contributed by atoms with Crippen LogP contribution in [-0.4, -0.2) is 31.0 Å². The van der Waals surface area contributed by atoms with Crippen molar-refractivity contribution in [3.63, 3.8) is 0 Å². The van der Waals surface area contributed by atoms with Crippen molar-refractivity contribution in [2.75, 3.05) is 18.0 Å². The number of hydrogen-bond donors (Lipinski definition) is 1. The molecule has 3 aromatic rings. The number of benzene rings is 2. The van der Waals surface area contributed by atoms with Gasteiger partial charge in [-0.2, -0.15) is 8.42 Å². The number of aromatic nitrogens is 1. The molecule has 0 radical (unpaired) electrons. The summed E-state index contributed by atoms with van der Waals surface area (Å²) in [6.07, 6.45) is 1.85. The van der Waals surface area contributed by atoms with Gasteiger partial charge in [0.15, 0.2) is 0 Å². The van der Waals surface area contributed by atoms with Gasteiger partial charge in [0.05, 0.1) is 10.2 Å². The number of hydrogen-bond acceptors (Lipinski definition) is 7. The molecule has 0 spiro atoms. The number of nitrogens with zero attached hydrogens (tertiary/aromatic N) is 4. The Labute approximate surface area is 182 Å². The van der Waals surface area contributed by atoms with Gasteiger partial charge in [0.2, 0.25) is 5.13 Å². The number of rotatable bonds is 8. The molecule has 29 heavy (non-hydrogen) atoms. The summed E-state index contributed by atoms with van der Waals surface area (Å²) in [5, 5.41) is 8.55. The molecule has 1 aromatic heterocycles. The van der Waals surface area contributed by atoms with E-state index in [1.165, 1.54) is 17.4 Å². The fourth-order valence-corrected chi connectivity index (χ4v) is 4.91. The van der Waals surface area contributed by atoms with Gasteiger partial charge < -0.3 is 4.90 Å². The van der Waals surface area contributed by atoms with E-state index in [9.17, 15) is 13.0 Å². The van der Waals surface area contributed by atoms with Crippen LogP contribution >= 0.6 is 27.3 Å². The first kappa shape index (κ1) is 21.8. The second-order valence-corrected chi connectivity index (χ2v) is 9.74. The van der Waals surface area contributed by atoms with Crippen molar-refractivity contribution in [1.82, 2.24) is 4.98 Å². The fraction of sp³-hybridized carbons (Fsp3) is 0.316. The fourth-order valence-electron chi connectivity index (χ4n) is 2.92. The zero-order chi connectivity index (χ0) is 21.0. The Bertz CT molecular complexity index is 1140. The van der Waals surface area contributed by atoms with Crippen LogP contribution in [0.15, 0.2) is 56.0 Å². The number of halogens is 1. The van der Waals surface area contributed by atoms with E-state index < -0.39 is 10.1 Å². The van der Waals surface area contributed by atoms with E-state index in [0.29, 0.717) is 5.13 Å². The van der Waals surface area contributed by atoms with Gasteiger partial charge in [-0.3, -0.25) is 4.55 Å². The molecule has 0 fully saturated rings. The summed E-state index contributed by atoms with van der Waals surface area (Å²) in [5.74, 6) is 0. The summed E-state index contributed by atoms with van der Waals surface area (Å²) >= 11 is 4.76. The number of anilines is 1. The van der Waals surface area contributed by atoms with E-state index in [1.54, 1.807) is 12.1 Å². The molecule has 1 heterocycles. The third kappa shape index (κ3) is 5.39. The van der Waals surface area contributed by atoms with Crippen molar-refractivity contribution in [1.29, 1.82) is 0 Å². The lowest BCUT2D eigenvalue weighted by Gasteiger charge is -2.24. The molecule has 3 rings (SSSR count). The van der Waals surface area contributed by atoms with E-state index in [4.69, 9.17) is 0 Å². The Morgan fingerprint density at radius 2 is 1.83 bits per heavy atom. The van der Waals surface area contributed by atoms with Gasteiger partial charge in [-0.05, 0) is 49.2 Å². The number of fused-ring (bicyclic) bond motifs is 1. The van der Waals surface area contributed by atoms with Crippen LogP contribution in [0.4, 0.5) is 16.5 Å². The van der Waals surface area contributed by atoms with Crippen LogP contribution in [-0.2, 0) is 10.1 Å². The molecule has 10 heteroatoms. The number of thiazole rings is 1. The third-order valence-corrected chi connectivity index (χ3v) is 6.43. The smallest absolute Gasteiger partial charge is 0.296 e. The SMILES string of the molecule is CCCN(CCC)c1ccc(N=Nc2nc3ccc(Br)cc3s2)c(S(=O)(=O)O)c1. The van der Waals surface area contributed by atoms with E-state index in [2.05, 4.69) is 49.9 Å². The summed E-state index contributed by atoms with van der Waals surface area (Å²) in [7, 11) is -4.46. The molecule has 0 aliphatic heterocycles. The van der Waals surface area contributed by atoms with E-state index >= 15 is 0 Å². The molecule has 0 bridgehead atoms.